The van der Waals surface area contributed by atoms with Crippen LogP contribution >= 0.6 is 24.8 Å². The summed E-state index contributed by atoms with van der Waals surface area (Å²) < 4.78 is 5.22. The summed E-state index contributed by atoms with van der Waals surface area (Å²) in [5.41, 5.74) is 7.35. The van der Waals surface area contributed by atoms with Crippen LogP contribution in [0.1, 0.15) is 35.0 Å². The van der Waals surface area contributed by atoms with E-state index in [2.05, 4.69) is 41.4 Å². The molecule has 138 valence electrons. The normalized spacial score (nSPS) is 19.8. The van der Waals surface area contributed by atoms with E-state index in [0.29, 0.717) is 23.9 Å². The van der Waals surface area contributed by atoms with E-state index in [1.54, 1.807) is 6.07 Å². The Labute approximate surface area is 160 Å². The predicted octanol–water partition coefficient (Wildman–Crippen LogP) is 2.97. The average Bonchev–Trinajstić information content (AvgIpc) is 3.16. The molecule has 0 spiro atoms. The zero-order chi connectivity index (χ0) is 16.2. The van der Waals surface area contributed by atoms with Gasteiger partial charge in [-0.3, -0.25) is 9.69 Å². The van der Waals surface area contributed by atoms with Crippen molar-refractivity contribution in [2.24, 2.45) is 5.73 Å². The number of rotatable bonds is 5. The molecule has 1 saturated heterocycles. The lowest BCUT2D eigenvalue weighted by atomic mass is 10.1. The Kier molecular flexibility index (Phi) is 8.45. The Bertz CT molecular complexity index is 663. The highest BCUT2D eigenvalue weighted by Gasteiger charge is 2.30. The van der Waals surface area contributed by atoms with Gasteiger partial charge in [-0.1, -0.05) is 30.3 Å². The first-order chi connectivity index (χ1) is 11.2. The van der Waals surface area contributed by atoms with Crippen LogP contribution in [0.25, 0.3) is 0 Å². The zero-order valence-electron chi connectivity index (χ0n) is 14.2. The van der Waals surface area contributed by atoms with E-state index in [-0.39, 0.29) is 36.8 Å². The van der Waals surface area contributed by atoms with Crippen molar-refractivity contribution < 1.29 is 9.21 Å². The van der Waals surface area contributed by atoms with Crippen molar-refractivity contribution in [1.82, 2.24) is 10.2 Å². The van der Waals surface area contributed by atoms with Crippen LogP contribution in [0.4, 0.5) is 0 Å². The number of carbonyl (C=O) groups is 1. The number of halogens is 2. The minimum atomic E-state index is -0.0905. The summed E-state index contributed by atoms with van der Waals surface area (Å²) in [7, 11) is 0. The molecule has 2 heterocycles. The Morgan fingerprint density at radius 2 is 2.04 bits per heavy atom. The van der Waals surface area contributed by atoms with Gasteiger partial charge < -0.3 is 15.5 Å². The van der Waals surface area contributed by atoms with Crippen molar-refractivity contribution in [3.63, 3.8) is 0 Å². The number of nitrogens with one attached hydrogen (secondary N) is 1. The molecule has 0 aliphatic carbocycles. The van der Waals surface area contributed by atoms with Crippen LogP contribution in [-0.2, 0) is 13.1 Å². The van der Waals surface area contributed by atoms with Crippen molar-refractivity contribution in [1.29, 1.82) is 0 Å². The highest BCUT2D eigenvalue weighted by molar-refractivity contribution is 5.94. The van der Waals surface area contributed by atoms with E-state index in [9.17, 15) is 4.79 Å². The van der Waals surface area contributed by atoms with Crippen molar-refractivity contribution in [2.45, 2.75) is 38.5 Å². The van der Waals surface area contributed by atoms with Crippen LogP contribution < -0.4 is 11.1 Å². The smallest absolute Gasteiger partial charge is 0.254 e. The molecule has 0 bridgehead atoms. The monoisotopic (exact) mass is 385 g/mol. The number of nitrogens with zero attached hydrogens (tertiary/aromatic N) is 1. The maximum atomic E-state index is 12.3. The van der Waals surface area contributed by atoms with Gasteiger partial charge in [-0.2, -0.15) is 0 Å². The molecule has 7 heteroatoms. The third-order valence-electron chi connectivity index (χ3n) is 4.38. The first-order valence-corrected chi connectivity index (χ1v) is 8.02. The zero-order valence-corrected chi connectivity index (χ0v) is 15.8. The molecule has 3 N–H and O–H groups in total. The fourth-order valence-electron chi connectivity index (χ4n) is 3.12. The second-order valence-corrected chi connectivity index (χ2v) is 6.18. The van der Waals surface area contributed by atoms with Gasteiger partial charge in [0, 0.05) is 25.2 Å². The molecular weight excluding hydrogens is 361 g/mol. The van der Waals surface area contributed by atoms with Crippen LogP contribution in [-0.4, -0.2) is 29.4 Å². The van der Waals surface area contributed by atoms with Crippen LogP contribution in [0.3, 0.4) is 0 Å². The van der Waals surface area contributed by atoms with Gasteiger partial charge in [-0.05, 0) is 25.0 Å². The Balaban J connectivity index is 0.00000156. The Morgan fingerprint density at radius 3 is 2.68 bits per heavy atom. The first-order valence-electron chi connectivity index (χ1n) is 8.02. The highest BCUT2D eigenvalue weighted by Crippen LogP contribution is 2.20. The van der Waals surface area contributed by atoms with E-state index in [4.69, 9.17) is 10.2 Å². The summed E-state index contributed by atoms with van der Waals surface area (Å²) in [5.74, 6) is 0.535. The van der Waals surface area contributed by atoms with Gasteiger partial charge in [-0.15, -0.1) is 24.8 Å². The third kappa shape index (κ3) is 5.47. The van der Waals surface area contributed by atoms with Crippen molar-refractivity contribution in [3.05, 3.63) is 59.5 Å². The van der Waals surface area contributed by atoms with E-state index >= 15 is 0 Å². The summed E-state index contributed by atoms with van der Waals surface area (Å²) in [5, 5.41) is 3.10. The maximum absolute atomic E-state index is 12.3. The molecule has 2 unspecified atom stereocenters. The fourth-order valence-corrected chi connectivity index (χ4v) is 3.12. The topological polar surface area (TPSA) is 71.5 Å². The van der Waals surface area contributed by atoms with Crippen LogP contribution in [0.15, 0.2) is 47.1 Å². The number of hydrogen-bond donors (Lipinski definition) is 2. The second-order valence-electron chi connectivity index (χ2n) is 6.18. The summed E-state index contributed by atoms with van der Waals surface area (Å²) in [6, 6.07) is 12.7. The number of benzene rings is 1. The van der Waals surface area contributed by atoms with Gasteiger partial charge in [-0.25, -0.2) is 0 Å². The number of likely N-dealkylation sites (tertiary alicyclic amines) is 1. The predicted molar refractivity (Wildman–Crippen MR) is 103 cm³/mol. The number of carbonyl (C=O) groups excluding carboxylic acids is 1. The molecule has 1 aromatic carbocycles. The van der Waals surface area contributed by atoms with Gasteiger partial charge in [0.15, 0.2) is 0 Å². The highest BCUT2D eigenvalue weighted by atomic mass is 35.5. The Morgan fingerprint density at radius 1 is 1.32 bits per heavy atom. The van der Waals surface area contributed by atoms with Gasteiger partial charge >= 0.3 is 0 Å². The summed E-state index contributed by atoms with van der Waals surface area (Å²) in [6.45, 7) is 4.29. The molecule has 0 radical (unpaired) electrons. The third-order valence-corrected chi connectivity index (χ3v) is 4.38. The van der Waals surface area contributed by atoms with Crippen molar-refractivity contribution in [3.8, 4) is 0 Å². The molecule has 1 aromatic heterocycles. The maximum Gasteiger partial charge on any atom is 0.254 e. The average molecular weight is 386 g/mol. The number of amides is 1. The molecule has 5 nitrogen and oxygen atoms in total. The van der Waals surface area contributed by atoms with Gasteiger partial charge in [0.2, 0.25) is 0 Å². The molecule has 2 atom stereocenters. The minimum Gasteiger partial charge on any atom is -0.467 e. The first kappa shape index (κ1) is 21.5. The fraction of sp³-hybridized carbons (Fsp3) is 0.389. The SMILES string of the molecule is CC1CC(NC(=O)c2coc(CN)c2)CN1Cc1ccccc1.Cl.Cl. The van der Waals surface area contributed by atoms with Crippen molar-refractivity contribution in [2.75, 3.05) is 6.54 Å². The van der Waals surface area contributed by atoms with Crippen LogP contribution in [0, 0.1) is 0 Å². The van der Waals surface area contributed by atoms with Gasteiger partial charge in [0.1, 0.15) is 12.0 Å². The number of furan rings is 1. The summed E-state index contributed by atoms with van der Waals surface area (Å²) in [6.07, 6.45) is 2.43. The molecule has 1 aliphatic heterocycles. The summed E-state index contributed by atoms with van der Waals surface area (Å²) >= 11 is 0. The second kappa shape index (κ2) is 9.82. The lowest BCUT2D eigenvalue weighted by Crippen LogP contribution is -2.36. The van der Waals surface area contributed by atoms with Crippen LogP contribution in [0.5, 0.6) is 0 Å². The molecule has 25 heavy (non-hydrogen) atoms. The van der Waals surface area contributed by atoms with Crippen molar-refractivity contribution >= 4 is 30.7 Å². The molecule has 1 amide bonds. The standard InChI is InChI=1S/C18H23N3O2.2ClH/c1-13-7-16(11-21(13)10-14-5-3-2-4-6-14)20-18(22)15-8-17(9-19)23-12-15;;/h2-6,8,12-13,16H,7,9-11,19H2,1H3,(H,20,22);2*1H. The molecular formula is C18H25Cl2N3O2. The largest absolute Gasteiger partial charge is 0.467 e. The quantitative estimate of drug-likeness (QED) is 0.829. The van der Waals surface area contributed by atoms with Crippen LogP contribution in [0.2, 0.25) is 0 Å². The van der Waals surface area contributed by atoms with E-state index in [0.717, 1.165) is 19.5 Å². The number of hydrogen-bond acceptors (Lipinski definition) is 4. The Hall–Kier alpha value is -1.53. The minimum absolute atomic E-state index is 0. The lowest BCUT2D eigenvalue weighted by Gasteiger charge is -2.20. The van der Waals surface area contributed by atoms with Gasteiger partial charge in [0.05, 0.1) is 12.1 Å². The molecule has 0 saturated carbocycles. The molecule has 3 rings (SSSR count). The molecule has 2 aromatic rings. The van der Waals surface area contributed by atoms with Gasteiger partial charge in [0.25, 0.3) is 5.91 Å². The van der Waals surface area contributed by atoms with E-state index < -0.39 is 0 Å². The molecule has 1 fully saturated rings. The van der Waals surface area contributed by atoms with E-state index in [1.807, 2.05) is 6.07 Å². The molecule has 1 aliphatic rings. The number of nitrogens with two attached hydrogens (primary N) is 1. The summed E-state index contributed by atoms with van der Waals surface area (Å²) in [4.78, 5) is 14.7. The van der Waals surface area contributed by atoms with E-state index in [1.165, 1.54) is 11.8 Å². The lowest BCUT2D eigenvalue weighted by molar-refractivity contribution is 0.0937.